The Kier molecular flexibility index (Phi) is 4.84. The average molecular weight is 194 g/mol. The minimum Gasteiger partial charge on any atom is -0.311 e. The highest BCUT2D eigenvalue weighted by Gasteiger charge is 2.00. The monoisotopic (exact) mass is 194 g/mol. The molecule has 0 aromatic carbocycles. The normalized spacial score (nSPS) is 9.43. The second kappa shape index (κ2) is 5.37. The molecule has 0 saturated heterocycles. The van der Waals surface area contributed by atoms with Crippen LogP contribution in [0.15, 0.2) is 18.3 Å². The minimum absolute atomic E-state index is 0. The van der Waals surface area contributed by atoms with E-state index in [2.05, 4.69) is 24.1 Å². The summed E-state index contributed by atoms with van der Waals surface area (Å²) in [5.41, 5.74) is 1.18. The van der Waals surface area contributed by atoms with Gasteiger partial charge in [-0.25, -0.2) is 4.98 Å². The third-order valence-electron chi connectivity index (χ3n) is 1.76. The van der Waals surface area contributed by atoms with E-state index in [4.69, 9.17) is 0 Å². The van der Waals surface area contributed by atoms with Crippen molar-refractivity contribution in [2.75, 3.05) is 5.32 Å². The van der Waals surface area contributed by atoms with Crippen LogP contribution in [0.2, 0.25) is 0 Å². The molecule has 0 unspecified atom stereocenters. The fourth-order valence-electron chi connectivity index (χ4n) is 1.00. The van der Waals surface area contributed by atoms with Gasteiger partial charge in [-0.3, -0.25) is 4.79 Å². The smallest absolute Gasteiger partial charge is 0.222 e. The van der Waals surface area contributed by atoms with Gasteiger partial charge >= 0.3 is 0 Å². The molecule has 1 aromatic rings. The van der Waals surface area contributed by atoms with Crippen LogP contribution in [-0.4, -0.2) is 10.9 Å². The molecular formula is C11H18N2O. The maximum Gasteiger partial charge on any atom is 0.222 e. The van der Waals surface area contributed by atoms with Gasteiger partial charge in [-0.2, -0.15) is 0 Å². The van der Waals surface area contributed by atoms with Crippen LogP contribution in [0.4, 0.5) is 5.82 Å². The number of carbonyl (C=O) groups excluding carboxylic acids is 1. The first-order valence-electron chi connectivity index (χ1n) is 4.33. The summed E-state index contributed by atoms with van der Waals surface area (Å²) >= 11 is 0. The number of rotatable bonds is 2. The van der Waals surface area contributed by atoms with Crippen LogP contribution >= 0.6 is 0 Å². The van der Waals surface area contributed by atoms with Crippen LogP contribution in [0.3, 0.4) is 0 Å². The van der Waals surface area contributed by atoms with Crippen LogP contribution in [0.1, 0.15) is 39.7 Å². The summed E-state index contributed by atoms with van der Waals surface area (Å²) in [6.45, 7) is 5.68. The fourth-order valence-corrected chi connectivity index (χ4v) is 1.00. The molecule has 78 valence electrons. The van der Waals surface area contributed by atoms with E-state index in [0.29, 0.717) is 11.7 Å². The number of hydrogen-bond acceptors (Lipinski definition) is 2. The minimum atomic E-state index is -0.0928. The average Bonchev–Trinajstić information content (AvgIpc) is 2.04. The van der Waals surface area contributed by atoms with E-state index in [9.17, 15) is 4.79 Å². The van der Waals surface area contributed by atoms with Gasteiger partial charge in [0.25, 0.3) is 0 Å². The van der Waals surface area contributed by atoms with Gasteiger partial charge in [0, 0.05) is 13.1 Å². The molecule has 3 nitrogen and oxygen atoms in total. The zero-order valence-electron chi connectivity index (χ0n) is 8.16. The molecule has 0 radical (unpaired) electrons. The zero-order chi connectivity index (χ0) is 9.84. The van der Waals surface area contributed by atoms with Crippen molar-refractivity contribution in [2.45, 2.75) is 34.1 Å². The van der Waals surface area contributed by atoms with E-state index in [1.54, 1.807) is 6.20 Å². The van der Waals surface area contributed by atoms with Gasteiger partial charge in [0.05, 0.1) is 0 Å². The largest absolute Gasteiger partial charge is 0.311 e. The molecule has 0 saturated carbocycles. The lowest BCUT2D eigenvalue weighted by Gasteiger charge is -2.05. The molecule has 0 atom stereocenters. The Labute approximate surface area is 85.6 Å². The van der Waals surface area contributed by atoms with Gasteiger partial charge in [0.15, 0.2) is 0 Å². The molecule has 3 heteroatoms. The number of amides is 1. The number of pyridine rings is 1. The van der Waals surface area contributed by atoms with E-state index >= 15 is 0 Å². The predicted octanol–water partition coefficient (Wildman–Crippen LogP) is 2.80. The molecule has 0 aliphatic carbocycles. The SMILES string of the molecule is C.CC(=O)Nc1ccc(C(C)C)cn1. The molecule has 1 amide bonds. The van der Waals surface area contributed by atoms with E-state index in [0.717, 1.165) is 0 Å². The summed E-state index contributed by atoms with van der Waals surface area (Å²) in [6.07, 6.45) is 1.79. The van der Waals surface area contributed by atoms with E-state index in [-0.39, 0.29) is 13.3 Å². The second-order valence-electron chi connectivity index (χ2n) is 3.31. The Morgan fingerprint density at radius 2 is 2.07 bits per heavy atom. The summed E-state index contributed by atoms with van der Waals surface area (Å²) in [5.74, 6) is 0.987. The summed E-state index contributed by atoms with van der Waals surface area (Å²) in [6, 6.07) is 3.79. The van der Waals surface area contributed by atoms with Crippen LogP contribution < -0.4 is 5.32 Å². The van der Waals surface area contributed by atoms with Gasteiger partial charge in [0.2, 0.25) is 5.91 Å². The van der Waals surface area contributed by atoms with E-state index in [1.807, 2.05) is 12.1 Å². The third-order valence-corrected chi connectivity index (χ3v) is 1.76. The molecule has 0 spiro atoms. The van der Waals surface area contributed by atoms with Crippen LogP contribution in [-0.2, 0) is 4.79 Å². The standard InChI is InChI=1S/C10H14N2O.CH4/c1-7(2)9-4-5-10(11-6-9)12-8(3)13;/h4-7H,1-3H3,(H,11,12,13);1H4. The first-order chi connectivity index (χ1) is 6.09. The van der Waals surface area contributed by atoms with E-state index < -0.39 is 0 Å². The van der Waals surface area contributed by atoms with Crippen LogP contribution in [0.25, 0.3) is 0 Å². The van der Waals surface area contributed by atoms with Crippen molar-refractivity contribution in [1.82, 2.24) is 4.98 Å². The number of anilines is 1. The quantitative estimate of drug-likeness (QED) is 0.786. The number of hydrogen-bond donors (Lipinski definition) is 1. The lowest BCUT2D eigenvalue weighted by atomic mass is 10.1. The van der Waals surface area contributed by atoms with Gasteiger partial charge in [-0.1, -0.05) is 27.3 Å². The van der Waals surface area contributed by atoms with Gasteiger partial charge in [-0.05, 0) is 17.5 Å². The van der Waals surface area contributed by atoms with Gasteiger partial charge in [0.1, 0.15) is 5.82 Å². The molecule has 0 aliphatic rings. The van der Waals surface area contributed by atoms with Crippen LogP contribution in [0, 0.1) is 0 Å². The Morgan fingerprint density at radius 3 is 2.43 bits per heavy atom. The number of aromatic nitrogens is 1. The molecule has 0 aliphatic heterocycles. The van der Waals surface area contributed by atoms with Gasteiger partial charge < -0.3 is 5.32 Å². The number of nitrogens with one attached hydrogen (secondary N) is 1. The topological polar surface area (TPSA) is 42.0 Å². The highest BCUT2D eigenvalue weighted by Crippen LogP contribution is 2.14. The van der Waals surface area contributed by atoms with Crippen molar-refractivity contribution in [3.05, 3.63) is 23.9 Å². The predicted molar refractivity (Wildman–Crippen MR) is 59.4 cm³/mol. The van der Waals surface area contributed by atoms with Crippen molar-refractivity contribution in [3.8, 4) is 0 Å². The van der Waals surface area contributed by atoms with Crippen molar-refractivity contribution in [1.29, 1.82) is 0 Å². The fraction of sp³-hybridized carbons (Fsp3) is 0.455. The molecule has 0 bridgehead atoms. The number of carbonyl (C=O) groups is 1. The van der Waals surface area contributed by atoms with Crippen molar-refractivity contribution in [2.24, 2.45) is 0 Å². The summed E-state index contributed by atoms with van der Waals surface area (Å²) in [7, 11) is 0. The van der Waals surface area contributed by atoms with E-state index in [1.165, 1.54) is 12.5 Å². The molecule has 1 aromatic heterocycles. The zero-order valence-corrected chi connectivity index (χ0v) is 8.16. The second-order valence-corrected chi connectivity index (χ2v) is 3.31. The molecule has 0 fully saturated rings. The molecule has 1 rings (SSSR count). The molecule has 14 heavy (non-hydrogen) atoms. The Morgan fingerprint density at radius 1 is 1.43 bits per heavy atom. The Bertz CT molecular complexity index is 291. The summed E-state index contributed by atoms with van der Waals surface area (Å²) < 4.78 is 0. The Balaban J connectivity index is 0.00000169. The lowest BCUT2D eigenvalue weighted by Crippen LogP contribution is -2.07. The summed E-state index contributed by atoms with van der Waals surface area (Å²) in [5, 5.41) is 2.62. The molecule has 1 N–H and O–H groups in total. The number of nitrogens with zero attached hydrogens (tertiary/aromatic N) is 1. The first-order valence-corrected chi connectivity index (χ1v) is 4.33. The maximum atomic E-state index is 10.7. The highest BCUT2D eigenvalue weighted by atomic mass is 16.1. The van der Waals surface area contributed by atoms with Crippen molar-refractivity contribution < 1.29 is 4.79 Å². The van der Waals surface area contributed by atoms with Crippen molar-refractivity contribution in [3.63, 3.8) is 0 Å². The highest BCUT2D eigenvalue weighted by molar-refractivity contribution is 5.87. The Hall–Kier alpha value is -1.38. The third kappa shape index (κ3) is 3.56. The molecular weight excluding hydrogens is 176 g/mol. The summed E-state index contributed by atoms with van der Waals surface area (Å²) in [4.78, 5) is 14.8. The van der Waals surface area contributed by atoms with Crippen LogP contribution in [0.5, 0.6) is 0 Å². The molecule has 1 heterocycles. The maximum absolute atomic E-state index is 10.7. The van der Waals surface area contributed by atoms with Crippen molar-refractivity contribution >= 4 is 11.7 Å². The lowest BCUT2D eigenvalue weighted by molar-refractivity contribution is -0.114. The van der Waals surface area contributed by atoms with Gasteiger partial charge in [-0.15, -0.1) is 0 Å². The first kappa shape index (κ1) is 12.6.